The molecule has 0 aliphatic heterocycles. The van der Waals surface area contributed by atoms with Crippen LogP contribution in [0.1, 0.15) is 35.3 Å². The van der Waals surface area contributed by atoms with Crippen LogP contribution < -0.4 is 10.6 Å². The van der Waals surface area contributed by atoms with E-state index in [1.54, 1.807) is 26.0 Å². The Morgan fingerprint density at radius 3 is 2.14 bits per heavy atom. The SMILES string of the molecule is CN=C(NCc1ccc(C(=O)N(C)C)cc1)NCC(C)(C)c1ccc(Br)cc1.I. The summed E-state index contributed by atoms with van der Waals surface area (Å²) in [6.45, 7) is 5.80. The third kappa shape index (κ3) is 7.62. The molecule has 5 nitrogen and oxygen atoms in total. The van der Waals surface area contributed by atoms with Gasteiger partial charge in [-0.15, -0.1) is 24.0 Å². The maximum Gasteiger partial charge on any atom is 0.253 e. The van der Waals surface area contributed by atoms with Gasteiger partial charge in [0.05, 0.1) is 0 Å². The molecule has 29 heavy (non-hydrogen) atoms. The van der Waals surface area contributed by atoms with Crippen LogP contribution in [0.2, 0.25) is 0 Å². The summed E-state index contributed by atoms with van der Waals surface area (Å²) in [5.41, 5.74) is 3.00. The molecule has 2 N–H and O–H groups in total. The second-order valence-corrected chi connectivity index (χ2v) is 8.48. The highest BCUT2D eigenvalue weighted by atomic mass is 127. The Hall–Kier alpha value is -1.61. The highest BCUT2D eigenvalue weighted by Crippen LogP contribution is 2.24. The van der Waals surface area contributed by atoms with Crippen molar-refractivity contribution in [3.8, 4) is 0 Å². The number of rotatable bonds is 6. The van der Waals surface area contributed by atoms with Gasteiger partial charge in [0.2, 0.25) is 0 Å². The van der Waals surface area contributed by atoms with Crippen molar-refractivity contribution in [3.63, 3.8) is 0 Å². The molecule has 0 aromatic heterocycles. The number of carbonyl (C=O) groups is 1. The number of hydrogen-bond donors (Lipinski definition) is 2. The Labute approximate surface area is 199 Å². The fourth-order valence-electron chi connectivity index (χ4n) is 2.74. The molecule has 0 spiro atoms. The first kappa shape index (κ1) is 25.4. The molecule has 0 saturated heterocycles. The first-order chi connectivity index (χ1) is 13.2. The van der Waals surface area contributed by atoms with E-state index in [4.69, 9.17) is 0 Å². The lowest BCUT2D eigenvalue weighted by molar-refractivity contribution is 0.0827. The molecule has 0 heterocycles. The summed E-state index contributed by atoms with van der Waals surface area (Å²) >= 11 is 3.48. The smallest absolute Gasteiger partial charge is 0.253 e. The maximum absolute atomic E-state index is 12.0. The van der Waals surface area contributed by atoms with Gasteiger partial charge in [0, 0.05) is 49.7 Å². The molecular formula is C22H30BrIN4O. The Morgan fingerprint density at radius 2 is 1.62 bits per heavy atom. The zero-order chi connectivity index (χ0) is 20.7. The predicted molar refractivity (Wildman–Crippen MR) is 135 cm³/mol. The van der Waals surface area contributed by atoms with E-state index in [0.717, 1.165) is 22.5 Å². The van der Waals surface area contributed by atoms with Gasteiger partial charge >= 0.3 is 0 Å². The summed E-state index contributed by atoms with van der Waals surface area (Å²) in [5.74, 6) is 0.755. The van der Waals surface area contributed by atoms with Crippen LogP contribution in [0, 0.1) is 0 Å². The summed E-state index contributed by atoms with van der Waals surface area (Å²) < 4.78 is 1.08. The van der Waals surface area contributed by atoms with Crippen molar-refractivity contribution in [2.75, 3.05) is 27.7 Å². The third-order valence-corrected chi connectivity index (χ3v) is 5.14. The van der Waals surface area contributed by atoms with Gasteiger partial charge in [-0.1, -0.05) is 54.0 Å². The van der Waals surface area contributed by atoms with Gasteiger partial charge < -0.3 is 15.5 Å². The van der Waals surface area contributed by atoms with Crippen molar-refractivity contribution in [2.24, 2.45) is 4.99 Å². The molecule has 2 aromatic carbocycles. The van der Waals surface area contributed by atoms with Gasteiger partial charge in [-0.3, -0.25) is 9.79 Å². The van der Waals surface area contributed by atoms with Crippen molar-refractivity contribution in [1.29, 1.82) is 0 Å². The Balaban J connectivity index is 0.00000420. The van der Waals surface area contributed by atoms with E-state index in [-0.39, 0.29) is 35.3 Å². The second kappa shape index (κ2) is 11.5. The number of nitrogens with one attached hydrogen (secondary N) is 2. The highest BCUT2D eigenvalue weighted by Gasteiger charge is 2.20. The van der Waals surface area contributed by atoms with Crippen LogP contribution in [0.4, 0.5) is 0 Å². The molecule has 0 atom stereocenters. The molecule has 0 aliphatic rings. The van der Waals surface area contributed by atoms with E-state index >= 15 is 0 Å². The molecule has 7 heteroatoms. The normalized spacial score (nSPS) is 11.4. The minimum atomic E-state index is -0.0352. The summed E-state index contributed by atoms with van der Waals surface area (Å²) in [5, 5.41) is 6.73. The summed E-state index contributed by atoms with van der Waals surface area (Å²) in [6.07, 6.45) is 0. The minimum absolute atomic E-state index is 0. The number of nitrogens with zero attached hydrogens (tertiary/aromatic N) is 2. The van der Waals surface area contributed by atoms with Crippen molar-refractivity contribution in [2.45, 2.75) is 25.8 Å². The monoisotopic (exact) mass is 572 g/mol. The molecule has 1 amide bonds. The average molecular weight is 573 g/mol. The number of benzene rings is 2. The van der Waals surface area contributed by atoms with Crippen LogP contribution in [-0.2, 0) is 12.0 Å². The Kier molecular flexibility index (Phi) is 10.1. The first-order valence-corrected chi connectivity index (χ1v) is 10.0. The van der Waals surface area contributed by atoms with Crippen molar-refractivity contribution in [3.05, 3.63) is 69.7 Å². The number of halogens is 2. The molecular weight excluding hydrogens is 543 g/mol. The molecule has 158 valence electrons. The molecule has 0 radical (unpaired) electrons. The van der Waals surface area contributed by atoms with E-state index in [0.29, 0.717) is 12.1 Å². The van der Waals surface area contributed by atoms with Gasteiger partial charge in [0.1, 0.15) is 0 Å². The maximum atomic E-state index is 12.0. The Morgan fingerprint density at radius 1 is 1.03 bits per heavy atom. The van der Waals surface area contributed by atoms with Crippen LogP contribution in [0.5, 0.6) is 0 Å². The molecule has 0 unspecified atom stereocenters. The topological polar surface area (TPSA) is 56.7 Å². The molecule has 0 aliphatic carbocycles. The van der Waals surface area contributed by atoms with Crippen LogP contribution in [-0.4, -0.2) is 44.5 Å². The Bertz CT molecular complexity index is 818. The van der Waals surface area contributed by atoms with Crippen LogP contribution >= 0.6 is 39.9 Å². The van der Waals surface area contributed by atoms with Crippen LogP contribution in [0.3, 0.4) is 0 Å². The van der Waals surface area contributed by atoms with Crippen LogP contribution in [0.15, 0.2) is 58.0 Å². The quantitative estimate of drug-likeness (QED) is 0.306. The van der Waals surface area contributed by atoms with Gasteiger partial charge in [-0.25, -0.2) is 0 Å². The predicted octanol–water partition coefficient (Wildman–Crippen LogP) is 4.41. The number of hydrogen-bond acceptors (Lipinski definition) is 2. The first-order valence-electron chi connectivity index (χ1n) is 9.24. The number of guanidine groups is 1. The lowest BCUT2D eigenvalue weighted by Gasteiger charge is -2.27. The van der Waals surface area contributed by atoms with E-state index in [2.05, 4.69) is 69.7 Å². The average Bonchev–Trinajstić information content (AvgIpc) is 2.68. The molecule has 0 saturated carbocycles. The largest absolute Gasteiger partial charge is 0.356 e. The number of carbonyl (C=O) groups excluding carboxylic acids is 1. The van der Waals surface area contributed by atoms with Crippen molar-refractivity contribution >= 4 is 51.8 Å². The highest BCUT2D eigenvalue weighted by molar-refractivity contribution is 14.0. The molecule has 2 rings (SSSR count). The van der Waals surface area contributed by atoms with E-state index in [1.807, 2.05) is 24.3 Å². The van der Waals surface area contributed by atoms with Crippen molar-refractivity contribution in [1.82, 2.24) is 15.5 Å². The lowest BCUT2D eigenvalue weighted by Crippen LogP contribution is -2.43. The van der Waals surface area contributed by atoms with Crippen molar-refractivity contribution < 1.29 is 4.79 Å². The minimum Gasteiger partial charge on any atom is -0.356 e. The standard InChI is InChI=1S/C22H29BrN4O.HI/c1-22(2,18-10-12-19(23)13-11-18)15-26-21(24-3)25-14-16-6-8-17(9-7-16)20(28)27(4)5;/h6-13H,14-15H2,1-5H3,(H2,24,25,26);1H. The third-order valence-electron chi connectivity index (χ3n) is 4.61. The van der Waals surface area contributed by atoms with E-state index < -0.39 is 0 Å². The summed E-state index contributed by atoms with van der Waals surface area (Å²) in [4.78, 5) is 17.8. The lowest BCUT2D eigenvalue weighted by atomic mass is 9.85. The van der Waals surface area contributed by atoms with Gasteiger partial charge in [0.15, 0.2) is 5.96 Å². The molecule has 0 fully saturated rings. The fourth-order valence-corrected chi connectivity index (χ4v) is 3.00. The second-order valence-electron chi connectivity index (χ2n) is 7.57. The van der Waals surface area contributed by atoms with E-state index in [1.165, 1.54) is 5.56 Å². The summed E-state index contributed by atoms with van der Waals surface area (Å²) in [7, 11) is 5.27. The zero-order valence-corrected chi connectivity index (χ0v) is 21.5. The number of aliphatic imine (C=N–C) groups is 1. The van der Waals surface area contributed by atoms with Crippen LogP contribution in [0.25, 0.3) is 0 Å². The molecule has 2 aromatic rings. The van der Waals surface area contributed by atoms with Gasteiger partial charge in [0.25, 0.3) is 5.91 Å². The van der Waals surface area contributed by atoms with Gasteiger partial charge in [-0.05, 0) is 35.4 Å². The number of amides is 1. The van der Waals surface area contributed by atoms with E-state index in [9.17, 15) is 4.79 Å². The van der Waals surface area contributed by atoms with Gasteiger partial charge in [-0.2, -0.15) is 0 Å². The molecule has 0 bridgehead atoms. The summed E-state index contributed by atoms with van der Waals surface area (Å²) in [6, 6.07) is 16.0. The zero-order valence-electron chi connectivity index (χ0n) is 17.6. The fraction of sp³-hybridized carbons (Fsp3) is 0.364.